The van der Waals surface area contributed by atoms with Gasteiger partial charge in [0.1, 0.15) is 0 Å². The fourth-order valence-electron chi connectivity index (χ4n) is 3.04. The monoisotopic (exact) mass is 277 g/mol. The molecule has 112 valence electrons. The van der Waals surface area contributed by atoms with E-state index in [9.17, 15) is 10.2 Å². The van der Waals surface area contributed by atoms with E-state index in [0.29, 0.717) is 6.04 Å². The summed E-state index contributed by atoms with van der Waals surface area (Å²) >= 11 is 0. The van der Waals surface area contributed by atoms with Gasteiger partial charge in [-0.3, -0.25) is 0 Å². The van der Waals surface area contributed by atoms with E-state index in [1.165, 1.54) is 16.7 Å². The Bertz CT molecular complexity index is 451. The average Bonchev–Trinajstić information content (AvgIpc) is 2.42. The van der Waals surface area contributed by atoms with Gasteiger partial charge in [-0.2, -0.15) is 0 Å². The molecule has 3 nitrogen and oxygen atoms in total. The molecule has 0 radical (unpaired) electrons. The standard InChI is InChI=1S/C17H27NO2/c1-4-16-14-7-5-6-12(8-9-17(2,3)20)15(14)10-13(11-19)18-16/h5-7,13,16,18-20H,4,8-11H2,1-3H3/t13-,16+/m1/s1. The fraction of sp³-hybridized carbons (Fsp3) is 0.647. The van der Waals surface area contributed by atoms with E-state index in [4.69, 9.17) is 0 Å². The number of aliphatic hydroxyl groups excluding tert-OH is 1. The minimum Gasteiger partial charge on any atom is -0.395 e. The largest absolute Gasteiger partial charge is 0.395 e. The van der Waals surface area contributed by atoms with Crippen LogP contribution in [-0.2, 0) is 12.8 Å². The van der Waals surface area contributed by atoms with Gasteiger partial charge in [0, 0.05) is 12.1 Å². The summed E-state index contributed by atoms with van der Waals surface area (Å²) in [7, 11) is 0. The summed E-state index contributed by atoms with van der Waals surface area (Å²) in [6, 6.07) is 6.95. The molecule has 20 heavy (non-hydrogen) atoms. The zero-order valence-electron chi connectivity index (χ0n) is 12.8. The van der Waals surface area contributed by atoms with Gasteiger partial charge in [0.15, 0.2) is 0 Å². The molecule has 1 heterocycles. The molecule has 1 aliphatic heterocycles. The van der Waals surface area contributed by atoms with Gasteiger partial charge in [-0.15, -0.1) is 0 Å². The molecule has 0 amide bonds. The third-order valence-electron chi connectivity index (χ3n) is 4.21. The minimum absolute atomic E-state index is 0.149. The van der Waals surface area contributed by atoms with Gasteiger partial charge < -0.3 is 15.5 Å². The van der Waals surface area contributed by atoms with Gasteiger partial charge in [-0.25, -0.2) is 0 Å². The van der Waals surface area contributed by atoms with E-state index in [1.807, 2.05) is 13.8 Å². The number of nitrogens with one attached hydrogen (secondary N) is 1. The molecular formula is C17H27NO2. The molecule has 1 aromatic rings. The quantitative estimate of drug-likeness (QED) is 0.774. The zero-order chi connectivity index (χ0) is 14.8. The van der Waals surface area contributed by atoms with E-state index in [2.05, 4.69) is 30.4 Å². The van der Waals surface area contributed by atoms with Crippen LogP contribution in [0.15, 0.2) is 18.2 Å². The second-order valence-corrected chi connectivity index (χ2v) is 6.51. The smallest absolute Gasteiger partial charge is 0.0594 e. The molecule has 2 atom stereocenters. The number of benzene rings is 1. The second-order valence-electron chi connectivity index (χ2n) is 6.51. The van der Waals surface area contributed by atoms with E-state index in [0.717, 1.165) is 25.7 Å². The van der Waals surface area contributed by atoms with Gasteiger partial charge in [0.2, 0.25) is 0 Å². The molecule has 0 saturated carbocycles. The summed E-state index contributed by atoms with van der Waals surface area (Å²) < 4.78 is 0. The summed E-state index contributed by atoms with van der Waals surface area (Å²) in [5.41, 5.74) is 3.44. The number of aryl methyl sites for hydroxylation is 1. The van der Waals surface area contributed by atoms with Crippen LogP contribution in [0, 0.1) is 0 Å². The van der Waals surface area contributed by atoms with Crippen LogP contribution in [0.5, 0.6) is 0 Å². The highest BCUT2D eigenvalue weighted by molar-refractivity contribution is 5.40. The van der Waals surface area contributed by atoms with Crippen LogP contribution in [0.2, 0.25) is 0 Å². The van der Waals surface area contributed by atoms with Crippen molar-refractivity contribution in [2.24, 2.45) is 0 Å². The first-order valence-corrected chi connectivity index (χ1v) is 7.64. The molecule has 0 saturated heterocycles. The summed E-state index contributed by atoms with van der Waals surface area (Å²) in [6.45, 7) is 6.06. The van der Waals surface area contributed by atoms with E-state index in [-0.39, 0.29) is 12.6 Å². The first-order valence-electron chi connectivity index (χ1n) is 7.64. The highest BCUT2D eigenvalue weighted by Crippen LogP contribution is 2.31. The summed E-state index contributed by atoms with van der Waals surface area (Å²) in [6.07, 6.45) is 3.56. The molecule has 0 aromatic heterocycles. The second kappa shape index (κ2) is 6.25. The molecule has 3 heteroatoms. The lowest BCUT2D eigenvalue weighted by atomic mass is 9.84. The van der Waals surface area contributed by atoms with Gasteiger partial charge in [-0.1, -0.05) is 25.1 Å². The highest BCUT2D eigenvalue weighted by Gasteiger charge is 2.26. The third-order valence-corrected chi connectivity index (χ3v) is 4.21. The topological polar surface area (TPSA) is 52.5 Å². The number of aliphatic hydroxyl groups is 2. The van der Waals surface area contributed by atoms with Crippen molar-refractivity contribution < 1.29 is 10.2 Å². The van der Waals surface area contributed by atoms with Gasteiger partial charge >= 0.3 is 0 Å². The first-order chi connectivity index (χ1) is 9.44. The van der Waals surface area contributed by atoms with Crippen LogP contribution in [-0.4, -0.2) is 28.5 Å². The number of fused-ring (bicyclic) bond motifs is 1. The van der Waals surface area contributed by atoms with Crippen molar-refractivity contribution in [1.29, 1.82) is 0 Å². The maximum Gasteiger partial charge on any atom is 0.0594 e. The predicted octanol–water partition coefficient (Wildman–Crippen LogP) is 2.35. The Balaban J connectivity index is 2.27. The first kappa shape index (κ1) is 15.5. The lowest BCUT2D eigenvalue weighted by Gasteiger charge is -2.33. The van der Waals surface area contributed by atoms with Gasteiger partial charge in [0.05, 0.1) is 12.2 Å². The van der Waals surface area contributed by atoms with Crippen molar-refractivity contribution in [1.82, 2.24) is 5.32 Å². The molecule has 1 aliphatic rings. The molecule has 1 aromatic carbocycles. The Morgan fingerprint density at radius 1 is 1.35 bits per heavy atom. The van der Waals surface area contributed by atoms with Crippen LogP contribution in [0.4, 0.5) is 0 Å². The van der Waals surface area contributed by atoms with Crippen molar-refractivity contribution in [3.05, 3.63) is 34.9 Å². The van der Waals surface area contributed by atoms with Crippen LogP contribution in [0.25, 0.3) is 0 Å². The predicted molar refractivity (Wildman–Crippen MR) is 81.8 cm³/mol. The molecule has 0 unspecified atom stereocenters. The molecule has 0 bridgehead atoms. The average molecular weight is 277 g/mol. The number of hydrogen-bond donors (Lipinski definition) is 3. The molecule has 0 spiro atoms. The molecular weight excluding hydrogens is 250 g/mol. The van der Waals surface area contributed by atoms with E-state index in [1.54, 1.807) is 0 Å². The molecule has 2 rings (SSSR count). The summed E-state index contributed by atoms with van der Waals surface area (Å²) in [5.74, 6) is 0. The van der Waals surface area contributed by atoms with Crippen molar-refractivity contribution in [2.75, 3.05) is 6.61 Å². The van der Waals surface area contributed by atoms with Crippen LogP contribution >= 0.6 is 0 Å². The normalized spacial score (nSPS) is 22.6. The lowest BCUT2D eigenvalue weighted by Crippen LogP contribution is -2.42. The number of rotatable bonds is 5. The Hall–Kier alpha value is -0.900. The van der Waals surface area contributed by atoms with Crippen LogP contribution < -0.4 is 5.32 Å². The summed E-state index contributed by atoms with van der Waals surface area (Å²) in [4.78, 5) is 0. The third kappa shape index (κ3) is 3.60. The maximum atomic E-state index is 9.93. The maximum absolute atomic E-state index is 9.93. The van der Waals surface area contributed by atoms with E-state index < -0.39 is 5.60 Å². The summed E-state index contributed by atoms with van der Waals surface area (Å²) in [5, 5.41) is 22.9. The Labute approximate surface area is 122 Å². The Morgan fingerprint density at radius 2 is 2.10 bits per heavy atom. The number of hydrogen-bond acceptors (Lipinski definition) is 3. The highest BCUT2D eigenvalue weighted by atomic mass is 16.3. The molecule has 0 fully saturated rings. The zero-order valence-corrected chi connectivity index (χ0v) is 12.8. The van der Waals surface area contributed by atoms with Crippen molar-refractivity contribution in [2.45, 2.75) is 64.1 Å². The van der Waals surface area contributed by atoms with Gasteiger partial charge in [0.25, 0.3) is 0 Å². The Morgan fingerprint density at radius 3 is 2.70 bits per heavy atom. The SMILES string of the molecule is CC[C@@H]1N[C@@H](CO)Cc2c(CCC(C)(C)O)cccc21. The van der Waals surface area contributed by atoms with Crippen LogP contribution in [0.3, 0.4) is 0 Å². The van der Waals surface area contributed by atoms with E-state index >= 15 is 0 Å². The van der Waals surface area contributed by atoms with Crippen molar-refractivity contribution in [3.63, 3.8) is 0 Å². The molecule has 3 N–H and O–H groups in total. The van der Waals surface area contributed by atoms with Crippen molar-refractivity contribution >= 4 is 0 Å². The van der Waals surface area contributed by atoms with Crippen molar-refractivity contribution in [3.8, 4) is 0 Å². The molecule has 0 aliphatic carbocycles. The minimum atomic E-state index is -0.629. The van der Waals surface area contributed by atoms with Gasteiger partial charge in [-0.05, 0) is 56.2 Å². The lowest BCUT2D eigenvalue weighted by molar-refractivity contribution is 0.0713. The van der Waals surface area contributed by atoms with Crippen LogP contribution in [0.1, 0.15) is 56.3 Å². The fourth-order valence-corrected chi connectivity index (χ4v) is 3.04. The Kier molecular flexibility index (Phi) is 4.84.